The van der Waals surface area contributed by atoms with E-state index in [1.54, 1.807) is 18.9 Å². The molecule has 3 rings (SSSR count). The van der Waals surface area contributed by atoms with E-state index in [2.05, 4.69) is 55.8 Å². The van der Waals surface area contributed by atoms with Gasteiger partial charge in [-0.25, -0.2) is 0 Å². The number of likely N-dealkylation sites (N-methyl/N-ethyl adjacent to an activating group) is 1. The molecule has 13 heteroatoms. The van der Waals surface area contributed by atoms with Crippen LogP contribution in [0.3, 0.4) is 0 Å². The third-order valence-electron chi connectivity index (χ3n) is 9.30. The highest BCUT2D eigenvalue weighted by Crippen LogP contribution is 2.29. The van der Waals surface area contributed by atoms with Crippen molar-refractivity contribution in [3.63, 3.8) is 0 Å². The van der Waals surface area contributed by atoms with Crippen LogP contribution in [0.25, 0.3) is 0 Å². The number of hydrogen-bond donors (Lipinski definition) is 4. The average Bonchev–Trinajstić information content (AvgIpc) is 3.82. The molecule has 2 saturated heterocycles. The van der Waals surface area contributed by atoms with E-state index < -0.39 is 42.6 Å². The zero-order valence-electron chi connectivity index (χ0n) is 33.5. The second kappa shape index (κ2) is 28.0. The number of benzene rings is 1. The molecule has 2 fully saturated rings. The fraction of sp³-hybridized carbons (Fsp3) is 0.718. The van der Waals surface area contributed by atoms with Gasteiger partial charge in [0.1, 0.15) is 6.54 Å². The summed E-state index contributed by atoms with van der Waals surface area (Å²) < 4.78 is 11.3. The van der Waals surface area contributed by atoms with Gasteiger partial charge in [-0.2, -0.15) is 0 Å². The molecule has 0 aliphatic carbocycles. The van der Waals surface area contributed by atoms with Crippen LogP contribution in [0.1, 0.15) is 92.1 Å². The molecule has 1 aromatic rings. The number of hydrogen-bond acceptors (Lipinski definition) is 8. The minimum absolute atomic E-state index is 0.0204. The quantitative estimate of drug-likeness (QED) is 0.184. The Kier molecular flexibility index (Phi) is 26.1. The van der Waals surface area contributed by atoms with E-state index in [1.807, 2.05) is 32.0 Å². The maximum absolute atomic E-state index is 13.5. The SMILES string of the molecule is CC1CCCN1.CCC.CCC(C)C(C(CC(=O)N1CCCC1C(OC)C(C)C(=O)NCC(=O)O)OC)N(C)C(=O)CNC=O.Cc1ccccc1. The first-order valence-corrected chi connectivity index (χ1v) is 18.8. The van der Waals surface area contributed by atoms with Crippen molar-refractivity contribution in [1.29, 1.82) is 0 Å². The summed E-state index contributed by atoms with van der Waals surface area (Å²) in [5.74, 6) is -2.72. The molecule has 7 atom stereocenters. The Morgan fingerprint density at radius 3 is 2.10 bits per heavy atom. The number of methoxy groups -OCH3 is 2. The number of carboxylic acid groups (broad SMARTS) is 1. The molecule has 52 heavy (non-hydrogen) atoms. The van der Waals surface area contributed by atoms with Crippen molar-refractivity contribution >= 4 is 30.1 Å². The van der Waals surface area contributed by atoms with Crippen LogP contribution < -0.4 is 16.0 Å². The molecule has 0 aromatic heterocycles. The number of aliphatic carboxylic acids is 1. The van der Waals surface area contributed by atoms with E-state index >= 15 is 0 Å². The normalized spacial score (nSPS) is 19.0. The first kappa shape index (κ1) is 48.5. The zero-order valence-corrected chi connectivity index (χ0v) is 33.5. The van der Waals surface area contributed by atoms with Gasteiger partial charge >= 0.3 is 5.97 Å². The average molecular weight is 736 g/mol. The number of likely N-dealkylation sites (tertiary alicyclic amines) is 1. The Labute approximate surface area is 312 Å². The molecule has 7 unspecified atom stereocenters. The Morgan fingerprint density at radius 1 is 1.04 bits per heavy atom. The van der Waals surface area contributed by atoms with Gasteiger partial charge in [0.25, 0.3) is 0 Å². The van der Waals surface area contributed by atoms with Gasteiger partial charge < -0.3 is 40.3 Å². The van der Waals surface area contributed by atoms with Gasteiger partial charge in [0.05, 0.1) is 43.2 Å². The minimum atomic E-state index is -1.14. The predicted octanol–water partition coefficient (Wildman–Crippen LogP) is 4.02. The van der Waals surface area contributed by atoms with E-state index in [1.165, 1.54) is 50.5 Å². The van der Waals surface area contributed by atoms with Crippen LogP contribution in [0.15, 0.2) is 30.3 Å². The van der Waals surface area contributed by atoms with Crippen molar-refractivity contribution in [2.45, 2.75) is 124 Å². The second-order valence-electron chi connectivity index (χ2n) is 13.6. The number of ether oxygens (including phenoxy) is 2. The lowest BCUT2D eigenvalue weighted by Gasteiger charge is -2.39. The van der Waals surface area contributed by atoms with E-state index in [-0.39, 0.29) is 36.7 Å². The monoisotopic (exact) mass is 736 g/mol. The maximum atomic E-state index is 13.5. The number of aryl methyl sites for hydroxylation is 1. The summed E-state index contributed by atoms with van der Waals surface area (Å²) in [6.07, 6.45) is 5.41. The molecule has 1 aromatic carbocycles. The van der Waals surface area contributed by atoms with Crippen molar-refractivity contribution in [3.8, 4) is 0 Å². The third kappa shape index (κ3) is 18.3. The van der Waals surface area contributed by atoms with Gasteiger partial charge in [0.2, 0.25) is 24.1 Å². The Hall–Kier alpha value is -3.55. The smallest absolute Gasteiger partial charge is 0.322 e. The molecule has 4 amide bonds. The van der Waals surface area contributed by atoms with Crippen LogP contribution in [0.4, 0.5) is 0 Å². The van der Waals surface area contributed by atoms with Crippen LogP contribution in [-0.4, -0.2) is 123 Å². The van der Waals surface area contributed by atoms with Crippen molar-refractivity contribution in [1.82, 2.24) is 25.8 Å². The zero-order chi connectivity index (χ0) is 39.6. The van der Waals surface area contributed by atoms with Crippen LogP contribution >= 0.6 is 0 Å². The first-order valence-electron chi connectivity index (χ1n) is 18.8. The molecule has 0 saturated carbocycles. The molecular formula is C39H69N5O8. The third-order valence-corrected chi connectivity index (χ3v) is 9.30. The van der Waals surface area contributed by atoms with E-state index in [9.17, 15) is 24.0 Å². The number of carbonyl (C=O) groups excluding carboxylic acids is 4. The van der Waals surface area contributed by atoms with Crippen molar-refractivity contribution in [2.24, 2.45) is 11.8 Å². The minimum Gasteiger partial charge on any atom is -0.480 e. The summed E-state index contributed by atoms with van der Waals surface area (Å²) in [6.45, 7) is 15.3. The molecule has 0 radical (unpaired) electrons. The largest absolute Gasteiger partial charge is 0.480 e. The fourth-order valence-corrected chi connectivity index (χ4v) is 6.30. The Bertz CT molecular complexity index is 1150. The van der Waals surface area contributed by atoms with E-state index in [0.717, 1.165) is 18.9 Å². The lowest BCUT2D eigenvalue weighted by atomic mass is 9.90. The number of carbonyl (C=O) groups is 5. The number of nitrogens with zero attached hydrogens (tertiary/aromatic N) is 2. The van der Waals surface area contributed by atoms with Gasteiger partial charge in [-0.3, -0.25) is 24.0 Å². The van der Waals surface area contributed by atoms with E-state index in [0.29, 0.717) is 19.4 Å². The second-order valence-corrected chi connectivity index (χ2v) is 13.6. The lowest BCUT2D eigenvalue weighted by Crippen LogP contribution is -2.54. The van der Waals surface area contributed by atoms with Crippen LogP contribution in [0.5, 0.6) is 0 Å². The topological polar surface area (TPSA) is 167 Å². The van der Waals surface area contributed by atoms with Crippen molar-refractivity contribution in [3.05, 3.63) is 35.9 Å². The number of rotatable bonds is 16. The van der Waals surface area contributed by atoms with Crippen molar-refractivity contribution < 1.29 is 38.6 Å². The molecule has 2 aliphatic rings. The predicted molar refractivity (Wildman–Crippen MR) is 205 cm³/mol. The highest BCUT2D eigenvalue weighted by atomic mass is 16.5. The summed E-state index contributed by atoms with van der Waals surface area (Å²) in [4.78, 5) is 63.2. The molecular weight excluding hydrogens is 666 g/mol. The fourth-order valence-electron chi connectivity index (χ4n) is 6.30. The maximum Gasteiger partial charge on any atom is 0.322 e. The summed E-state index contributed by atoms with van der Waals surface area (Å²) >= 11 is 0. The molecule has 298 valence electrons. The molecule has 2 aliphatic heterocycles. The Morgan fingerprint density at radius 2 is 1.67 bits per heavy atom. The number of nitrogens with one attached hydrogen (secondary N) is 3. The Balaban J connectivity index is 0.00000131. The molecule has 0 bridgehead atoms. The highest BCUT2D eigenvalue weighted by molar-refractivity contribution is 5.83. The molecule has 4 N–H and O–H groups in total. The standard InChI is InChI=1S/C24H42N4O8.C7H8.C5H11N.C3H8/c1-7-15(2)22(27(4)20(31)12-25-14-29)18(35-5)11-19(30)28-10-8-9-17(28)23(36-6)16(3)24(34)26-13-21(32)33;1-7-5-3-2-4-6-7;1-5-3-2-4-6-5;1-3-2/h14-18,22-23H,7-13H2,1-6H3,(H,25,29)(H,26,34)(H,32,33);2-6H,1H3;5-6H,2-4H2,1H3;3H2,1-2H3. The number of carboxylic acids is 1. The highest BCUT2D eigenvalue weighted by Gasteiger charge is 2.41. The van der Waals surface area contributed by atoms with Crippen LogP contribution in [0, 0.1) is 18.8 Å². The summed E-state index contributed by atoms with van der Waals surface area (Å²) in [5.41, 5.74) is 1.32. The number of amides is 4. The lowest BCUT2D eigenvalue weighted by molar-refractivity contribution is -0.146. The van der Waals surface area contributed by atoms with Gasteiger partial charge in [-0.05, 0) is 52.0 Å². The first-order chi connectivity index (χ1) is 24.7. The van der Waals surface area contributed by atoms with Gasteiger partial charge in [0, 0.05) is 33.9 Å². The van der Waals surface area contributed by atoms with Gasteiger partial charge in [-0.1, -0.05) is 83.4 Å². The van der Waals surface area contributed by atoms with Gasteiger partial charge in [0.15, 0.2) is 0 Å². The van der Waals surface area contributed by atoms with Crippen LogP contribution in [-0.2, 0) is 33.4 Å². The van der Waals surface area contributed by atoms with Gasteiger partial charge in [-0.15, -0.1) is 0 Å². The summed E-state index contributed by atoms with van der Waals surface area (Å²) in [5, 5.41) is 16.9. The summed E-state index contributed by atoms with van der Waals surface area (Å²) in [6, 6.07) is 10.3. The van der Waals surface area contributed by atoms with Crippen LogP contribution in [0.2, 0.25) is 0 Å². The molecule has 13 nitrogen and oxygen atoms in total. The van der Waals surface area contributed by atoms with E-state index in [4.69, 9.17) is 14.6 Å². The van der Waals surface area contributed by atoms with Crippen molar-refractivity contribution in [2.75, 3.05) is 47.4 Å². The molecule has 0 spiro atoms. The summed E-state index contributed by atoms with van der Waals surface area (Å²) in [7, 11) is 4.61. The molecule has 2 heterocycles.